The van der Waals surface area contributed by atoms with Gasteiger partial charge in [-0.05, 0) is 63.9 Å². The third-order valence-corrected chi connectivity index (χ3v) is 6.77. The summed E-state index contributed by atoms with van der Waals surface area (Å²) >= 11 is 0. The third-order valence-electron chi connectivity index (χ3n) is 6.77. The van der Waals surface area contributed by atoms with Crippen LogP contribution in [0.3, 0.4) is 0 Å². The van der Waals surface area contributed by atoms with Crippen LogP contribution in [-0.4, -0.2) is 59.3 Å². The van der Waals surface area contributed by atoms with Gasteiger partial charge in [0.2, 0.25) is 0 Å². The Bertz CT molecular complexity index is 1280. The second-order valence-electron chi connectivity index (χ2n) is 9.03. The number of hydrogen-bond donors (Lipinski definition) is 1. The van der Waals surface area contributed by atoms with Crippen LogP contribution in [0.1, 0.15) is 60.6 Å². The van der Waals surface area contributed by atoms with Crippen LogP contribution in [0.5, 0.6) is 0 Å². The zero-order valence-corrected chi connectivity index (χ0v) is 19.8. The summed E-state index contributed by atoms with van der Waals surface area (Å²) in [7, 11) is 0. The largest absolute Gasteiger partial charge is 0.306 e. The number of nitrogens with one attached hydrogen (secondary N) is 1. The van der Waals surface area contributed by atoms with E-state index in [9.17, 15) is 4.79 Å². The molecular weight excluding hydrogens is 428 g/mol. The number of rotatable bonds is 6. The second-order valence-corrected chi connectivity index (χ2v) is 9.03. The highest BCUT2D eigenvalue weighted by atomic mass is 16.1. The van der Waals surface area contributed by atoms with Crippen molar-refractivity contribution in [3.63, 3.8) is 0 Å². The van der Waals surface area contributed by atoms with Gasteiger partial charge in [0.25, 0.3) is 5.91 Å². The van der Waals surface area contributed by atoms with E-state index in [2.05, 4.69) is 39.1 Å². The predicted octanol–water partition coefficient (Wildman–Crippen LogP) is 3.85. The van der Waals surface area contributed by atoms with Crippen molar-refractivity contribution in [1.29, 1.82) is 0 Å². The maximum absolute atomic E-state index is 13.2. The molecular formula is C25H30N8O. The van der Waals surface area contributed by atoms with Crippen molar-refractivity contribution in [1.82, 2.24) is 34.3 Å². The Morgan fingerprint density at radius 2 is 2.03 bits per heavy atom. The van der Waals surface area contributed by atoms with Crippen molar-refractivity contribution in [2.75, 3.05) is 18.4 Å². The molecule has 0 aromatic carbocycles. The van der Waals surface area contributed by atoms with E-state index in [1.54, 1.807) is 27.7 Å². The minimum Gasteiger partial charge on any atom is -0.306 e. The molecule has 1 amide bonds. The fourth-order valence-corrected chi connectivity index (χ4v) is 4.51. The van der Waals surface area contributed by atoms with Gasteiger partial charge in [0.05, 0.1) is 11.9 Å². The van der Waals surface area contributed by atoms with Gasteiger partial charge in [0, 0.05) is 36.6 Å². The Morgan fingerprint density at radius 1 is 1.21 bits per heavy atom. The Hall–Kier alpha value is -3.59. The molecule has 5 rings (SSSR count). The van der Waals surface area contributed by atoms with Crippen LogP contribution in [0.25, 0.3) is 11.5 Å². The molecule has 1 saturated heterocycles. The summed E-state index contributed by atoms with van der Waals surface area (Å²) in [4.78, 5) is 24.6. The molecule has 9 heteroatoms. The molecule has 1 atom stereocenters. The van der Waals surface area contributed by atoms with Crippen LogP contribution in [0, 0.1) is 6.92 Å². The summed E-state index contributed by atoms with van der Waals surface area (Å²) in [6.45, 7) is 8.65. The summed E-state index contributed by atoms with van der Waals surface area (Å²) in [5, 5.41) is 12.2. The van der Waals surface area contributed by atoms with E-state index >= 15 is 0 Å². The van der Waals surface area contributed by atoms with Gasteiger partial charge in [-0.25, -0.2) is 14.5 Å². The molecule has 0 aliphatic carbocycles. The van der Waals surface area contributed by atoms with Gasteiger partial charge in [-0.15, -0.1) is 0 Å². The number of aryl methyl sites for hydroxylation is 1. The van der Waals surface area contributed by atoms with Crippen LogP contribution >= 0.6 is 0 Å². The number of carbonyl (C=O) groups is 1. The average molecular weight is 459 g/mol. The molecule has 5 heterocycles. The molecule has 4 aromatic heterocycles. The summed E-state index contributed by atoms with van der Waals surface area (Å²) < 4.78 is 3.32. The number of carbonyl (C=O) groups excluding carboxylic acids is 1. The summed E-state index contributed by atoms with van der Waals surface area (Å²) in [5.41, 5.74) is 2.97. The van der Waals surface area contributed by atoms with Gasteiger partial charge in [0.15, 0.2) is 11.5 Å². The zero-order chi connectivity index (χ0) is 23.7. The number of nitrogens with zero attached hydrogens (tertiary/aromatic N) is 7. The minimum absolute atomic E-state index is 0.278. The Labute approximate surface area is 198 Å². The first kappa shape index (κ1) is 22.2. The Morgan fingerprint density at radius 3 is 2.76 bits per heavy atom. The van der Waals surface area contributed by atoms with Crippen molar-refractivity contribution >= 4 is 17.4 Å². The number of fused-ring (bicyclic) bond motifs is 1. The van der Waals surface area contributed by atoms with Gasteiger partial charge in [-0.1, -0.05) is 13.0 Å². The lowest BCUT2D eigenvalue weighted by molar-refractivity contribution is 0.102. The normalized spacial score (nSPS) is 16.1. The van der Waals surface area contributed by atoms with Crippen LogP contribution < -0.4 is 5.32 Å². The van der Waals surface area contributed by atoms with Crippen molar-refractivity contribution in [2.24, 2.45) is 0 Å². The molecule has 1 aliphatic heterocycles. The molecule has 1 fully saturated rings. The number of likely N-dealkylation sites (tertiary alicyclic amines) is 1. The van der Waals surface area contributed by atoms with E-state index in [0.717, 1.165) is 43.6 Å². The molecule has 34 heavy (non-hydrogen) atoms. The highest BCUT2D eigenvalue weighted by Crippen LogP contribution is 2.31. The fourth-order valence-electron chi connectivity index (χ4n) is 4.51. The van der Waals surface area contributed by atoms with Gasteiger partial charge in [-0.2, -0.15) is 14.9 Å². The molecule has 9 nitrogen and oxygen atoms in total. The zero-order valence-electron chi connectivity index (χ0n) is 19.8. The highest BCUT2D eigenvalue weighted by molar-refractivity contribution is 6.07. The average Bonchev–Trinajstić information content (AvgIpc) is 3.49. The molecule has 0 saturated carbocycles. The second kappa shape index (κ2) is 9.34. The maximum Gasteiger partial charge on any atom is 0.262 e. The predicted molar refractivity (Wildman–Crippen MR) is 130 cm³/mol. The number of amides is 1. The lowest BCUT2D eigenvalue weighted by atomic mass is 9.92. The van der Waals surface area contributed by atoms with Crippen LogP contribution in [0.2, 0.25) is 0 Å². The summed E-state index contributed by atoms with van der Waals surface area (Å²) in [5.74, 6) is 1.33. The monoisotopic (exact) mass is 458 g/mol. The van der Waals surface area contributed by atoms with E-state index < -0.39 is 0 Å². The molecule has 0 spiro atoms. The molecule has 0 bridgehead atoms. The first-order chi connectivity index (χ1) is 16.5. The summed E-state index contributed by atoms with van der Waals surface area (Å²) in [6, 6.07) is 8.28. The quantitative estimate of drug-likeness (QED) is 0.472. The molecule has 1 unspecified atom stereocenters. The number of hydrogen-bond acceptors (Lipinski definition) is 6. The van der Waals surface area contributed by atoms with Crippen LogP contribution in [0.15, 0.2) is 49.1 Å². The lowest BCUT2D eigenvalue weighted by Crippen LogP contribution is -2.39. The lowest BCUT2D eigenvalue weighted by Gasteiger charge is -2.35. The van der Waals surface area contributed by atoms with Gasteiger partial charge in [-0.3, -0.25) is 4.79 Å². The number of pyridine rings is 1. The highest BCUT2D eigenvalue weighted by Gasteiger charge is 2.27. The topological polar surface area (TPSA) is 93.2 Å². The number of aromatic nitrogens is 6. The Balaban J connectivity index is 1.44. The first-order valence-electron chi connectivity index (χ1n) is 11.9. The molecule has 1 N–H and O–H groups in total. The van der Waals surface area contributed by atoms with Crippen molar-refractivity contribution < 1.29 is 4.79 Å². The van der Waals surface area contributed by atoms with E-state index in [0.29, 0.717) is 34.8 Å². The van der Waals surface area contributed by atoms with E-state index in [-0.39, 0.29) is 5.91 Å². The Kier molecular flexibility index (Phi) is 6.10. The van der Waals surface area contributed by atoms with Gasteiger partial charge < -0.3 is 10.2 Å². The molecule has 176 valence electrons. The SMILES string of the molecule is CCC(C)N1CCC(c2cc(NC(=O)c3cnn4cccnc34)n(-c3ccc(C)cn3)n2)CC1. The number of piperidine rings is 1. The fraction of sp³-hybridized carbons (Fsp3) is 0.400. The maximum atomic E-state index is 13.2. The van der Waals surface area contributed by atoms with Crippen molar-refractivity contribution in [2.45, 2.75) is 52.0 Å². The van der Waals surface area contributed by atoms with Crippen molar-refractivity contribution in [3.05, 3.63) is 65.9 Å². The van der Waals surface area contributed by atoms with Crippen molar-refractivity contribution in [3.8, 4) is 5.82 Å². The van der Waals surface area contributed by atoms with E-state index in [1.807, 2.05) is 31.3 Å². The van der Waals surface area contributed by atoms with Crippen LogP contribution in [0.4, 0.5) is 5.82 Å². The number of anilines is 1. The molecule has 0 radical (unpaired) electrons. The minimum atomic E-state index is -0.278. The molecule has 1 aliphatic rings. The standard InChI is InChI=1S/C25H30N8O/c1-4-18(3)31-12-8-19(9-13-31)21-14-23(33(30-21)22-7-6-17(2)15-27-22)29-25(34)20-16-28-32-11-5-10-26-24(20)32/h5-7,10-11,14-16,18-19H,4,8-9,12-13H2,1-3H3,(H,29,34). The molecule has 4 aromatic rings. The summed E-state index contributed by atoms with van der Waals surface area (Å²) in [6.07, 6.45) is 10.0. The van der Waals surface area contributed by atoms with E-state index in [4.69, 9.17) is 5.10 Å². The first-order valence-corrected chi connectivity index (χ1v) is 11.9. The third kappa shape index (κ3) is 4.31. The van der Waals surface area contributed by atoms with Crippen LogP contribution in [-0.2, 0) is 0 Å². The van der Waals surface area contributed by atoms with Gasteiger partial charge in [0.1, 0.15) is 11.4 Å². The smallest absolute Gasteiger partial charge is 0.262 e. The van der Waals surface area contributed by atoms with E-state index in [1.165, 1.54) is 6.20 Å². The van der Waals surface area contributed by atoms with Gasteiger partial charge >= 0.3 is 0 Å².